The normalized spacial score (nSPS) is 21.3. The van der Waals surface area contributed by atoms with Crippen LogP contribution >= 0.6 is 0 Å². The maximum atomic E-state index is 5.49. The molecule has 0 saturated carbocycles. The van der Waals surface area contributed by atoms with Crippen LogP contribution in [0.5, 0.6) is 5.75 Å². The third kappa shape index (κ3) is 2.70. The van der Waals surface area contributed by atoms with Crippen LogP contribution in [0.3, 0.4) is 0 Å². The maximum absolute atomic E-state index is 5.49. The molecule has 1 aliphatic heterocycles. The highest BCUT2D eigenvalue weighted by atomic mass is 16.5. The molecule has 1 aromatic carbocycles. The monoisotopic (exact) mass is 206 g/mol. The van der Waals surface area contributed by atoms with Crippen molar-refractivity contribution in [1.29, 1.82) is 0 Å². The molecule has 0 aliphatic carbocycles. The van der Waals surface area contributed by atoms with Gasteiger partial charge in [0.1, 0.15) is 5.75 Å². The molecule has 0 radical (unpaired) electrons. The van der Waals surface area contributed by atoms with Gasteiger partial charge in [0.15, 0.2) is 0 Å². The first-order valence-corrected chi connectivity index (χ1v) is 5.57. The molecule has 0 amide bonds. The van der Waals surface area contributed by atoms with E-state index >= 15 is 0 Å². The van der Waals surface area contributed by atoms with Gasteiger partial charge in [0.2, 0.25) is 0 Å². The summed E-state index contributed by atoms with van der Waals surface area (Å²) in [6.07, 6.45) is 0. The molecule has 1 fully saturated rings. The van der Waals surface area contributed by atoms with Crippen molar-refractivity contribution in [2.75, 3.05) is 26.2 Å². The molecule has 1 aliphatic rings. The summed E-state index contributed by atoms with van der Waals surface area (Å²) in [5, 5.41) is 6.87. The van der Waals surface area contributed by atoms with E-state index in [0.29, 0.717) is 6.04 Å². The second kappa shape index (κ2) is 5.14. The maximum Gasteiger partial charge on any atom is 0.119 e. The van der Waals surface area contributed by atoms with Crippen molar-refractivity contribution in [2.24, 2.45) is 0 Å². The molecule has 82 valence electrons. The van der Waals surface area contributed by atoms with Crippen molar-refractivity contribution in [1.82, 2.24) is 10.6 Å². The molecule has 15 heavy (non-hydrogen) atoms. The molecular weight excluding hydrogens is 188 g/mol. The zero-order valence-corrected chi connectivity index (χ0v) is 9.12. The first kappa shape index (κ1) is 10.5. The van der Waals surface area contributed by atoms with E-state index < -0.39 is 0 Å². The summed E-state index contributed by atoms with van der Waals surface area (Å²) in [7, 11) is 0. The summed E-state index contributed by atoms with van der Waals surface area (Å²) in [6, 6.07) is 8.74. The SMILES string of the molecule is CCOc1cccc([C@H]2CNCCN2)c1. The van der Waals surface area contributed by atoms with Crippen LogP contribution in [-0.4, -0.2) is 26.2 Å². The van der Waals surface area contributed by atoms with Gasteiger partial charge in [0.05, 0.1) is 6.61 Å². The lowest BCUT2D eigenvalue weighted by atomic mass is 10.1. The number of benzene rings is 1. The molecule has 1 heterocycles. The Morgan fingerprint density at radius 3 is 3.07 bits per heavy atom. The second-order valence-electron chi connectivity index (χ2n) is 3.72. The number of hydrogen-bond donors (Lipinski definition) is 2. The topological polar surface area (TPSA) is 33.3 Å². The van der Waals surface area contributed by atoms with Crippen LogP contribution in [0.15, 0.2) is 24.3 Å². The second-order valence-corrected chi connectivity index (χ2v) is 3.72. The third-order valence-electron chi connectivity index (χ3n) is 2.61. The van der Waals surface area contributed by atoms with Gasteiger partial charge in [-0.15, -0.1) is 0 Å². The number of ether oxygens (including phenoxy) is 1. The fraction of sp³-hybridized carbons (Fsp3) is 0.500. The van der Waals surface area contributed by atoms with Gasteiger partial charge in [-0.25, -0.2) is 0 Å². The highest BCUT2D eigenvalue weighted by Gasteiger charge is 2.14. The summed E-state index contributed by atoms with van der Waals surface area (Å²) in [6.45, 7) is 5.81. The average molecular weight is 206 g/mol. The van der Waals surface area contributed by atoms with Crippen LogP contribution in [0.4, 0.5) is 0 Å². The fourth-order valence-electron chi connectivity index (χ4n) is 1.88. The Balaban J connectivity index is 2.09. The van der Waals surface area contributed by atoms with Crippen LogP contribution in [0, 0.1) is 0 Å². The summed E-state index contributed by atoms with van der Waals surface area (Å²) in [5.41, 5.74) is 1.30. The summed E-state index contributed by atoms with van der Waals surface area (Å²) < 4.78 is 5.49. The van der Waals surface area contributed by atoms with E-state index in [9.17, 15) is 0 Å². The number of piperazine rings is 1. The lowest BCUT2D eigenvalue weighted by Gasteiger charge is -2.25. The molecule has 1 aromatic rings. The van der Waals surface area contributed by atoms with E-state index in [-0.39, 0.29) is 0 Å². The van der Waals surface area contributed by atoms with Crippen molar-refractivity contribution in [3.8, 4) is 5.75 Å². The molecule has 3 heteroatoms. The van der Waals surface area contributed by atoms with Crippen molar-refractivity contribution in [3.05, 3.63) is 29.8 Å². The van der Waals surface area contributed by atoms with Gasteiger partial charge in [-0.3, -0.25) is 0 Å². The summed E-state index contributed by atoms with van der Waals surface area (Å²) in [4.78, 5) is 0. The van der Waals surface area contributed by atoms with E-state index in [4.69, 9.17) is 4.74 Å². The predicted molar refractivity (Wildman–Crippen MR) is 61.2 cm³/mol. The number of hydrogen-bond acceptors (Lipinski definition) is 3. The van der Waals surface area contributed by atoms with Crippen LogP contribution in [0.1, 0.15) is 18.5 Å². The standard InChI is InChI=1S/C12H18N2O/c1-2-15-11-5-3-4-10(8-11)12-9-13-6-7-14-12/h3-5,8,12-14H,2,6-7,9H2,1H3/t12-/m1/s1. The van der Waals surface area contributed by atoms with Gasteiger partial charge in [0.25, 0.3) is 0 Å². The third-order valence-corrected chi connectivity index (χ3v) is 2.61. The van der Waals surface area contributed by atoms with Gasteiger partial charge < -0.3 is 15.4 Å². The minimum Gasteiger partial charge on any atom is -0.494 e. The van der Waals surface area contributed by atoms with Gasteiger partial charge in [-0.05, 0) is 24.6 Å². The van der Waals surface area contributed by atoms with Crippen molar-refractivity contribution < 1.29 is 4.74 Å². The first-order chi connectivity index (χ1) is 7.40. The minimum atomic E-state index is 0.416. The van der Waals surface area contributed by atoms with Crippen molar-refractivity contribution in [2.45, 2.75) is 13.0 Å². The zero-order chi connectivity index (χ0) is 10.5. The van der Waals surface area contributed by atoms with Crippen LogP contribution in [-0.2, 0) is 0 Å². The Morgan fingerprint density at radius 2 is 2.33 bits per heavy atom. The summed E-state index contributed by atoms with van der Waals surface area (Å²) in [5.74, 6) is 0.961. The Kier molecular flexibility index (Phi) is 3.59. The van der Waals surface area contributed by atoms with Gasteiger partial charge in [-0.2, -0.15) is 0 Å². The molecule has 1 atom stereocenters. The average Bonchev–Trinajstić information content (AvgIpc) is 2.31. The molecule has 0 aromatic heterocycles. The lowest BCUT2D eigenvalue weighted by molar-refractivity contribution is 0.338. The minimum absolute atomic E-state index is 0.416. The van der Waals surface area contributed by atoms with E-state index in [1.54, 1.807) is 0 Å². The van der Waals surface area contributed by atoms with Crippen LogP contribution in [0.2, 0.25) is 0 Å². The largest absolute Gasteiger partial charge is 0.494 e. The van der Waals surface area contributed by atoms with Gasteiger partial charge >= 0.3 is 0 Å². The Labute approximate surface area is 90.8 Å². The van der Waals surface area contributed by atoms with E-state index in [1.165, 1.54) is 5.56 Å². The Hall–Kier alpha value is -1.06. The number of rotatable bonds is 3. The molecule has 0 spiro atoms. The molecule has 2 rings (SSSR count). The molecule has 1 saturated heterocycles. The van der Waals surface area contributed by atoms with E-state index in [2.05, 4.69) is 28.8 Å². The highest BCUT2D eigenvalue weighted by molar-refractivity contribution is 5.31. The predicted octanol–water partition coefficient (Wildman–Crippen LogP) is 1.32. The zero-order valence-electron chi connectivity index (χ0n) is 9.12. The van der Waals surface area contributed by atoms with Crippen molar-refractivity contribution >= 4 is 0 Å². The molecular formula is C12H18N2O. The van der Waals surface area contributed by atoms with Crippen LogP contribution in [0.25, 0.3) is 0 Å². The number of nitrogens with one attached hydrogen (secondary N) is 2. The van der Waals surface area contributed by atoms with Gasteiger partial charge in [0, 0.05) is 25.7 Å². The molecule has 0 bridgehead atoms. The quantitative estimate of drug-likeness (QED) is 0.782. The smallest absolute Gasteiger partial charge is 0.119 e. The Bertz CT molecular complexity index is 308. The molecule has 2 N–H and O–H groups in total. The van der Waals surface area contributed by atoms with Crippen molar-refractivity contribution in [3.63, 3.8) is 0 Å². The molecule has 3 nitrogen and oxygen atoms in total. The van der Waals surface area contributed by atoms with Crippen LogP contribution < -0.4 is 15.4 Å². The first-order valence-electron chi connectivity index (χ1n) is 5.57. The summed E-state index contributed by atoms with van der Waals surface area (Å²) >= 11 is 0. The lowest BCUT2D eigenvalue weighted by Crippen LogP contribution is -2.42. The fourth-order valence-corrected chi connectivity index (χ4v) is 1.88. The molecule has 0 unspecified atom stereocenters. The van der Waals surface area contributed by atoms with E-state index in [1.807, 2.05) is 13.0 Å². The highest BCUT2D eigenvalue weighted by Crippen LogP contribution is 2.19. The van der Waals surface area contributed by atoms with E-state index in [0.717, 1.165) is 32.0 Å². The van der Waals surface area contributed by atoms with Gasteiger partial charge in [-0.1, -0.05) is 12.1 Å². The Morgan fingerprint density at radius 1 is 1.40 bits per heavy atom.